The molecule has 0 bridgehead atoms. The average molecular weight is 357 g/mol. The lowest BCUT2D eigenvalue weighted by molar-refractivity contribution is 0.102. The minimum Gasteiger partial charge on any atom is -0.395 e. The molecule has 4 N–H and O–H groups in total. The van der Waals surface area contributed by atoms with Crippen molar-refractivity contribution in [2.45, 2.75) is 18.8 Å². The van der Waals surface area contributed by atoms with Crippen molar-refractivity contribution >= 4 is 33.2 Å². The number of benzene rings is 1. The second-order valence-electron chi connectivity index (χ2n) is 4.87. The third-order valence-corrected chi connectivity index (χ3v) is 3.90. The average Bonchev–Trinajstić information content (AvgIpc) is 3.17. The van der Waals surface area contributed by atoms with Gasteiger partial charge in [-0.1, -0.05) is 0 Å². The first-order valence-electron chi connectivity index (χ1n) is 6.27. The largest absolute Gasteiger partial charge is 0.395 e. The van der Waals surface area contributed by atoms with Crippen molar-refractivity contribution in [2.75, 3.05) is 11.1 Å². The van der Waals surface area contributed by atoms with Crippen LogP contribution in [0.3, 0.4) is 0 Å². The number of nitrogens with zero attached hydrogens (tertiary/aromatic N) is 1. The summed E-state index contributed by atoms with van der Waals surface area (Å²) in [5.41, 5.74) is 6.74. The summed E-state index contributed by atoms with van der Waals surface area (Å²) >= 11 is 3.00. The number of H-pyrrole nitrogens is 1. The highest BCUT2D eigenvalue weighted by atomic mass is 79.9. The maximum absolute atomic E-state index is 13.7. The van der Waals surface area contributed by atoms with Crippen LogP contribution in [-0.2, 0) is 0 Å². The molecule has 1 aromatic carbocycles. The lowest BCUT2D eigenvalue weighted by Crippen LogP contribution is -2.16. The zero-order valence-corrected chi connectivity index (χ0v) is 12.3. The Bertz CT molecular complexity index is 704. The van der Waals surface area contributed by atoms with E-state index in [-0.39, 0.29) is 21.5 Å². The Labute approximate surface area is 127 Å². The van der Waals surface area contributed by atoms with Crippen molar-refractivity contribution in [1.29, 1.82) is 0 Å². The van der Waals surface area contributed by atoms with Crippen LogP contribution in [0, 0.1) is 11.6 Å². The first kappa shape index (κ1) is 14.0. The highest BCUT2D eigenvalue weighted by molar-refractivity contribution is 9.10. The third kappa shape index (κ3) is 2.63. The lowest BCUT2D eigenvalue weighted by Gasteiger charge is -2.08. The number of anilines is 2. The van der Waals surface area contributed by atoms with Gasteiger partial charge in [-0.3, -0.25) is 9.89 Å². The number of nitrogen functional groups attached to an aromatic ring is 1. The van der Waals surface area contributed by atoms with Gasteiger partial charge in [0.2, 0.25) is 0 Å². The number of hydrogen-bond donors (Lipinski definition) is 3. The van der Waals surface area contributed by atoms with Gasteiger partial charge in [-0.15, -0.1) is 0 Å². The normalized spacial score (nSPS) is 14.2. The number of aromatic nitrogens is 2. The van der Waals surface area contributed by atoms with Crippen molar-refractivity contribution in [2.24, 2.45) is 0 Å². The Morgan fingerprint density at radius 2 is 2.14 bits per heavy atom. The Kier molecular flexibility index (Phi) is 3.40. The number of amides is 1. The standard InChI is InChI=1S/C13H11BrF2N4O/c14-7-3-6(15)4-8(16)11(7)18-13(21)12-9(17)10(19-20-12)5-1-2-5/h3-5H,1-2,17H2,(H,18,21)(H,19,20). The molecular formula is C13H11BrF2N4O. The first-order chi connectivity index (χ1) is 9.97. The van der Waals surface area contributed by atoms with Crippen molar-refractivity contribution in [3.8, 4) is 0 Å². The molecule has 1 heterocycles. The highest BCUT2D eigenvalue weighted by Gasteiger charge is 2.30. The van der Waals surface area contributed by atoms with Crippen LogP contribution in [0.15, 0.2) is 16.6 Å². The Balaban J connectivity index is 1.87. The van der Waals surface area contributed by atoms with Crippen LogP contribution < -0.4 is 11.1 Å². The number of carbonyl (C=O) groups is 1. The molecule has 1 aromatic heterocycles. The van der Waals surface area contributed by atoms with Gasteiger partial charge < -0.3 is 11.1 Å². The lowest BCUT2D eigenvalue weighted by atomic mass is 10.2. The van der Waals surface area contributed by atoms with Gasteiger partial charge in [0.05, 0.1) is 17.1 Å². The van der Waals surface area contributed by atoms with E-state index in [0.717, 1.165) is 24.6 Å². The predicted molar refractivity (Wildman–Crippen MR) is 77.0 cm³/mol. The van der Waals surface area contributed by atoms with E-state index in [0.29, 0.717) is 12.0 Å². The molecule has 0 aliphatic heterocycles. The number of halogens is 3. The van der Waals surface area contributed by atoms with Crippen LogP contribution in [0.1, 0.15) is 34.9 Å². The maximum Gasteiger partial charge on any atom is 0.278 e. The summed E-state index contributed by atoms with van der Waals surface area (Å²) in [5, 5.41) is 8.96. The number of aromatic amines is 1. The fourth-order valence-electron chi connectivity index (χ4n) is 2.05. The summed E-state index contributed by atoms with van der Waals surface area (Å²) in [5.74, 6) is -1.96. The van der Waals surface area contributed by atoms with Crippen LogP contribution in [0.4, 0.5) is 20.2 Å². The zero-order valence-electron chi connectivity index (χ0n) is 10.7. The molecule has 5 nitrogen and oxygen atoms in total. The number of rotatable bonds is 3. The first-order valence-corrected chi connectivity index (χ1v) is 7.06. The molecule has 1 aliphatic rings. The van der Waals surface area contributed by atoms with Gasteiger partial charge in [0.1, 0.15) is 5.82 Å². The van der Waals surface area contributed by atoms with Crippen molar-refractivity contribution in [3.05, 3.63) is 39.6 Å². The van der Waals surface area contributed by atoms with Gasteiger partial charge >= 0.3 is 0 Å². The molecule has 1 fully saturated rings. The number of carbonyl (C=O) groups excluding carboxylic acids is 1. The molecule has 1 aliphatic carbocycles. The van der Waals surface area contributed by atoms with Gasteiger partial charge in [-0.05, 0) is 34.8 Å². The van der Waals surface area contributed by atoms with Crippen LogP contribution >= 0.6 is 15.9 Å². The Morgan fingerprint density at radius 1 is 1.43 bits per heavy atom. The minimum absolute atomic E-state index is 0.00697. The van der Waals surface area contributed by atoms with E-state index < -0.39 is 17.5 Å². The number of nitrogens with two attached hydrogens (primary N) is 1. The molecular weight excluding hydrogens is 346 g/mol. The predicted octanol–water partition coefficient (Wildman–Crippen LogP) is 3.16. The van der Waals surface area contributed by atoms with E-state index in [4.69, 9.17) is 5.73 Å². The quantitative estimate of drug-likeness (QED) is 0.789. The molecule has 2 aromatic rings. The second kappa shape index (κ2) is 5.10. The molecule has 21 heavy (non-hydrogen) atoms. The summed E-state index contributed by atoms with van der Waals surface area (Å²) in [6.45, 7) is 0. The second-order valence-corrected chi connectivity index (χ2v) is 5.73. The van der Waals surface area contributed by atoms with Crippen LogP contribution in [-0.4, -0.2) is 16.1 Å². The molecule has 0 atom stereocenters. The van der Waals surface area contributed by atoms with Gasteiger partial charge in [0.15, 0.2) is 11.5 Å². The van der Waals surface area contributed by atoms with Crippen LogP contribution in [0.2, 0.25) is 0 Å². The van der Waals surface area contributed by atoms with Crippen LogP contribution in [0.5, 0.6) is 0 Å². The fraction of sp³-hybridized carbons (Fsp3) is 0.231. The van der Waals surface area contributed by atoms with E-state index in [1.165, 1.54) is 0 Å². The van der Waals surface area contributed by atoms with E-state index in [2.05, 4.69) is 31.4 Å². The zero-order chi connectivity index (χ0) is 15.1. The maximum atomic E-state index is 13.7. The topological polar surface area (TPSA) is 83.8 Å². The highest BCUT2D eigenvalue weighted by Crippen LogP contribution is 2.42. The molecule has 0 spiro atoms. The smallest absolute Gasteiger partial charge is 0.278 e. The summed E-state index contributed by atoms with van der Waals surface area (Å²) in [6, 6.07) is 1.74. The van der Waals surface area contributed by atoms with E-state index >= 15 is 0 Å². The SMILES string of the molecule is Nc1c(C(=O)Nc2c(F)cc(F)cc2Br)n[nH]c1C1CC1. The minimum atomic E-state index is -0.883. The molecule has 110 valence electrons. The van der Waals surface area contributed by atoms with Gasteiger partial charge in [0.25, 0.3) is 5.91 Å². The molecule has 0 unspecified atom stereocenters. The molecule has 0 saturated heterocycles. The van der Waals surface area contributed by atoms with E-state index in [9.17, 15) is 13.6 Å². The number of nitrogens with one attached hydrogen (secondary N) is 2. The van der Waals surface area contributed by atoms with Crippen molar-refractivity contribution in [3.63, 3.8) is 0 Å². The number of hydrogen-bond acceptors (Lipinski definition) is 3. The summed E-state index contributed by atoms with van der Waals surface area (Å²) in [7, 11) is 0. The molecule has 3 rings (SSSR count). The monoisotopic (exact) mass is 356 g/mol. The van der Waals surface area contributed by atoms with E-state index in [1.807, 2.05) is 0 Å². The molecule has 1 saturated carbocycles. The third-order valence-electron chi connectivity index (χ3n) is 3.28. The summed E-state index contributed by atoms with van der Waals surface area (Å²) in [4.78, 5) is 12.1. The Hall–Kier alpha value is -1.96. The van der Waals surface area contributed by atoms with Gasteiger partial charge in [-0.25, -0.2) is 8.78 Å². The molecule has 8 heteroatoms. The summed E-state index contributed by atoms with van der Waals surface area (Å²) in [6.07, 6.45) is 2.01. The molecule has 0 radical (unpaired) electrons. The van der Waals surface area contributed by atoms with Gasteiger partial charge in [0, 0.05) is 16.5 Å². The van der Waals surface area contributed by atoms with E-state index in [1.54, 1.807) is 0 Å². The Morgan fingerprint density at radius 3 is 2.76 bits per heavy atom. The fourth-order valence-corrected chi connectivity index (χ4v) is 2.56. The molecule has 1 amide bonds. The van der Waals surface area contributed by atoms with Crippen molar-refractivity contribution < 1.29 is 13.6 Å². The van der Waals surface area contributed by atoms with Crippen LogP contribution in [0.25, 0.3) is 0 Å². The van der Waals surface area contributed by atoms with Crippen molar-refractivity contribution in [1.82, 2.24) is 10.2 Å². The van der Waals surface area contributed by atoms with Gasteiger partial charge in [-0.2, -0.15) is 5.10 Å². The summed E-state index contributed by atoms with van der Waals surface area (Å²) < 4.78 is 26.8.